The molecule has 132 valence electrons. The molecule has 2 amide bonds. The van der Waals surface area contributed by atoms with Gasteiger partial charge in [0.25, 0.3) is 0 Å². The Hall–Kier alpha value is -1.96. The van der Waals surface area contributed by atoms with Crippen molar-refractivity contribution in [2.75, 3.05) is 33.2 Å². The molecule has 3 heterocycles. The van der Waals surface area contributed by atoms with Crippen molar-refractivity contribution in [1.29, 1.82) is 0 Å². The second kappa shape index (κ2) is 6.88. The Kier molecular flexibility index (Phi) is 4.84. The van der Waals surface area contributed by atoms with Crippen molar-refractivity contribution in [3.8, 4) is 0 Å². The molecular weight excluding hydrogens is 308 g/mol. The van der Waals surface area contributed by atoms with Crippen LogP contribution in [0.1, 0.15) is 26.2 Å². The highest BCUT2D eigenvalue weighted by molar-refractivity contribution is 5.87. The number of carbonyl (C=O) groups is 2. The third-order valence-corrected chi connectivity index (χ3v) is 5.36. The molecule has 0 saturated carbocycles. The number of nitrogens with one attached hydrogen (secondary N) is 1. The molecule has 24 heavy (non-hydrogen) atoms. The summed E-state index contributed by atoms with van der Waals surface area (Å²) in [5.41, 5.74) is -0.456. The lowest BCUT2D eigenvalue weighted by molar-refractivity contribution is -0.143. The smallest absolute Gasteiger partial charge is 0.240 e. The Morgan fingerprint density at radius 1 is 1.38 bits per heavy atom. The topological polar surface area (TPSA) is 83.4 Å². The number of piperidine rings is 1. The van der Waals surface area contributed by atoms with Crippen molar-refractivity contribution in [1.82, 2.24) is 29.9 Å². The summed E-state index contributed by atoms with van der Waals surface area (Å²) in [6.45, 7) is 5.34. The maximum atomic E-state index is 12.7. The predicted octanol–water partition coefficient (Wildman–Crippen LogP) is -0.273. The highest BCUT2D eigenvalue weighted by Gasteiger charge is 2.46. The molecule has 2 aliphatic heterocycles. The van der Waals surface area contributed by atoms with Crippen LogP contribution in [0.2, 0.25) is 0 Å². The Morgan fingerprint density at radius 2 is 2.12 bits per heavy atom. The number of carbonyl (C=O) groups excluding carboxylic acids is 2. The number of nitrogens with zero attached hydrogens (tertiary/aromatic N) is 5. The molecular formula is C16H26N6O2. The zero-order valence-electron chi connectivity index (χ0n) is 14.4. The van der Waals surface area contributed by atoms with Gasteiger partial charge >= 0.3 is 0 Å². The van der Waals surface area contributed by atoms with Gasteiger partial charge in [0.15, 0.2) is 0 Å². The number of aromatic nitrogens is 3. The van der Waals surface area contributed by atoms with Gasteiger partial charge in [-0.05, 0) is 26.3 Å². The highest BCUT2D eigenvalue weighted by Crippen LogP contribution is 2.30. The fourth-order valence-corrected chi connectivity index (χ4v) is 3.77. The molecule has 2 saturated heterocycles. The van der Waals surface area contributed by atoms with Crippen LogP contribution in [0.3, 0.4) is 0 Å². The molecule has 0 aliphatic carbocycles. The number of hydrogen-bond donors (Lipinski definition) is 1. The van der Waals surface area contributed by atoms with E-state index in [2.05, 4.69) is 20.3 Å². The van der Waals surface area contributed by atoms with Gasteiger partial charge in [-0.1, -0.05) is 6.92 Å². The molecule has 1 aromatic rings. The SMILES string of the molecule is CC(Cn1cncn1)C(=O)N1CCC2(CC1)C(=O)NCCCN2C. The molecule has 1 spiro atoms. The summed E-state index contributed by atoms with van der Waals surface area (Å²) >= 11 is 0. The Balaban J connectivity index is 1.61. The molecule has 1 N–H and O–H groups in total. The van der Waals surface area contributed by atoms with E-state index in [-0.39, 0.29) is 17.7 Å². The first-order valence-electron chi connectivity index (χ1n) is 8.64. The van der Waals surface area contributed by atoms with Crippen molar-refractivity contribution in [3.63, 3.8) is 0 Å². The van der Waals surface area contributed by atoms with Gasteiger partial charge in [-0.3, -0.25) is 19.2 Å². The van der Waals surface area contributed by atoms with Gasteiger partial charge < -0.3 is 10.2 Å². The van der Waals surface area contributed by atoms with E-state index in [0.717, 1.165) is 19.5 Å². The summed E-state index contributed by atoms with van der Waals surface area (Å²) in [7, 11) is 2.02. The van der Waals surface area contributed by atoms with Crippen LogP contribution in [0.15, 0.2) is 12.7 Å². The van der Waals surface area contributed by atoms with Gasteiger partial charge in [0, 0.05) is 26.2 Å². The highest BCUT2D eigenvalue weighted by atomic mass is 16.2. The van der Waals surface area contributed by atoms with E-state index < -0.39 is 5.54 Å². The van der Waals surface area contributed by atoms with Crippen LogP contribution in [0, 0.1) is 5.92 Å². The van der Waals surface area contributed by atoms with Crippen LogP contribution < -0.4 is 5.32 Å². The van der Waals surface area contributed by atoms with Gasteiger partial charge in [-0.25, -0.2) is 4.98 Å². The molecule has 0 radical (unpaired) electrons. The zero-order chi connectivity index (χ0) is 17.2. The van der Waals surface area contributed by atoms with E-state index in [1.807, 2.05) is 18.9 Å². The molecule has 0 bridgehead atoms. The van der Waals surface area contributed by atoms with Crippen molar-refractivity contribution in [3.05, 3.63) is 12.7 Å². The zero-order valence-corrected chi connectivity index (χ0v) is 14.4. The van der Waals surface area contributed by atoms with Crippen molar-refractivity contribution in [2.24, 2.45) is 5.92 Å². The lowest BCUT2D eigenvalue weighted by atomic mass is 9.84. The van der Waals surface area contributed by atoms with Crippen LogP contribution in [0.25, 0.3) is 0 Å². The fraction of sp³-hybridized carbons (Fsp3) is 0.750. The van der Waals surface area contributed by atoms with Gasteiger partial charge in [0.2, 0.25) is 11.8 Å². The standard InChI is InChI=1S/C16H26N6O2/c1-13(10-22-12-17-11-19-22)14(23)21-8-4-16(5-9-21)15(24)18-6-3-7-20(16)2/h11-13H,3-10H2,1-2H3,(H,18,24). The lowest BCUT2D eigenvalue weighted by Crippen LogP contribution is -2.61. The molecule has 8 nitrogen and oxygen atoms in total. The maximum absolute atomic E-state index is 12.7. The van der Waals surface area contributed by atoms with E-state index in [1.54, 1.807) is 11.0 Å². The summed E-state index contributed by atoms with van der Waals surface area (Å²) in [5, 5.41) is 7.09. The number of hydrogen-bond acceptors (Lipinski definition) is 5. The van der Waals surface area contributed by atoms with Crippen LogP contribution in [-0.2, 0) is 16.1 Å². The quantitative estimate of drug-likeness (QED) is 0.822. The van der Waals surface area contributed by atoms with Crippen molar-refractivity contribution in [2.45, 2.75) is 38.3 Å². The number of amides is 2. The number of likely N-dealkylation sites (tertiary alicyclic amines) is 1. The molecule has 8 heteroatoms. The lowest BCUT2D eigenvalue weighted by Gasteiger charge is -2.45. The minimum atomic E-state index is -0.456. The first-order valence-corrected chi connectivity index (χ1v) is 8.64. The van der Waals surface area contributed by atoms with E-state index in [9.17, 15) is 9.59 Å². The predicted molar refractivity (Wildman–Crippen MR) is 88.0 cm³/mol. The third kappa shape index (κ3) is 3.15. The van der Waals surface area contributed by atoms with Gasteiger partial charge in [0.05, 0.1) is 12.5 Å². The molecule has 1 unspecified atom stereocenters. The summed E-state index contributed by atoms with van der Waals surface area (Å²) in [5.74, 6) is 0.0868. The molecule has 2 aliphatic rings. The second-order valence-corrected chi connectivity index (χ2v) is 6.91. The molecule has 0 aromatic carbocycles. The van der Waals surface area contributed by atoms with Crippen LogP contribution in [-0.4, -0.2) is 75.1 Å². The Labute approximate surface area is 142 Å². The Morgan fingerprint density at radius 3 is 2.79 bits per heavy atom. The first-order chi connectivity index (χ1) is 11.5. The molecule has 1 aromatic heterocycles. The summed E-state index contributed by atoms with van der Waals surface area (Å²) in [6.07, 6.45) is 5.46. The van der Waals surface area contributed by atoms with Crippen molar-refractivity contribution < 1.29 is 9.59 Å². The normalized spacial score (nSPS) is 22.9. The van der Waals surface area contributed by atoms with Gasteiger partial charge in [-0.2, -0.15) is 5.10 Å². The average molecular weight is 334 g/mol. The minimum Gasteiger partial charge on any atom is -0.354 e. The van der Waals surface area contributed by atoms with Crippen LogP contribution >= 0.6 is 0 Å². The van der Waals surface area contributed by atoms with Gasteiger partial charge in [0.1, 0.15) is 18.2 Å². The molecule has 2 fully saturated rings. The fourth-order valence-electron chi connectivity index (χ4n) is 3.77. The maximum Gasteiger partial charge on any atom is 0.240 e. The summed E-state index contributed by atoms with van der Waals surface area (Å²) in [4.78, 5) is 33.2. The molecule has 3 rings (SSSR count). The Bertz CT molecular complexity index is 579. The van der Waals surface area contributed by atoms with E-state index in [0.29, 0.717) is 32.5 Å². The molecule has 1 atom stereocenters. The number of rotatable bonds is 3. The summed E-state index contributed by atoms with van der Waals surface area (Å²) < 4.78 is 1.68. The van der Waals surface area contributed by atoms with Gasteiger partial charge in [-0.15, -0.1) is 0 Å². The average Bonchev–Trinajstić information content (AvgIpc) is 3.06. The van der Waals surface area contributed by atoms with E-state index >= 15 is 0 Å². The van der Waals surface area contributed by atoms with E-state index in [1.165, 1.54) is 6.33 Å². The van der Waals surface area contributed by atoms with Crippen molar-refractivity contribution >= 4 is 11.8 Å². The van der Waals surface area contributed by atoms with E-state index in [4.69, 9.17) is 0 Å². The largest absolute Gasteiger partial charge is 0.354 e. The minimum absolute atomic E-state index is 0.116. The second-order valence-electron chi connectivity index (χ2n) is 6.91. The van der Waals surface area contributed by atoms with Crippen LogP contribution in [0.5, 0.6) is 0 Å². The summed E-state index contributed by atoms with van der Waals surface area (Å²) in [6, 6.07) is 0. The third-order valence-electron chi connectivity index (χ3n) is 5.36. The van der Waals surface area contributed by atoms with Crippen LogP contribution in [0.4, 0.5) is 0 Å². The number of likely N-dealkylation sites (N-methyl/N-ethyl adjacent to an activating group) is 1. The monoisotopic (exact) mass is 334 g/mol. The first kappa shape index (κ1) is 16.9.